The van der Waals surface area contributed by atoms with Gasteiger partial charge in [0.25, 0.3) is 5.56 Å². The normalized spacial score (nSPS) is 15.1. The number of hydrogen-bond acceptors (Lipinski definition) is 4. The van der Waals surface area contributed by atoms with Gasteiger partial charge in [-0.3, -0.25) is 9.69 Å². The summed E-state index contributed by atoms with van der Waals surface area (Å²) in [5.41, 5.74) is 1.67. The smallest absolute Gasteiger partial charge is 0.416 e. The Hall–Kier alpha value is -3.13. The standard InChI is InChI=1S/C24H24F3N3O2/c1-32-20-5-2-4-19-22(20)28-21(29-23(19)31)6-3-13-30-14-11-17(12-15-30)16-7-9-18(10-8-16)24(25,26)27/h2,4-5,7-11H,3,6,12-15H2,1H3,(H,28,29,31). The second-order valence-electron chi connectivity index (χ2n) is 7.83. The van der Waals surface area contributed by atoms with Gasteiger partial charge in [0.05, 0.1) is 18.1 Å². The second kappa shape index (κ2) is 9.16. The Morgan fingerprint density at radius 3 is 2.59 bits per heavy atom. The number of aryl methyl sites for hydroxylation is 1. The van der Waals surface area contributed by atoms with Crippen molar-refractivity contribution in [1.29, 1.82) is 0 Å². The number of nitrogens with zero attached hydrogens (tertiary/aromatic N) is 2. The summed E-state index contributed by atoms with van der Waals surface area (Å²) in [4.78, 5) is 22.1. The van der Waals surface area contributed by atoms with E-state index in [-0.39, 0.29) is 5.56 Å². The first-order chi connectivity index (χ1) is 15.3. The summed E-state index contributed by atoms with van der Waals surface area (Å²) in [6.07, 6.45) is 0.00850. The fourth-order valence-electron chi connectivity index (χ4n) is 3.99. The van der Waals surface area contributed by atoms with Gasteiger partial charge >= 0.3 is 6.18 Å². The Morgan fingerprint density at radius 1 is 1.16 bits per heavy atom. The van der Waals surface area contributed by atoms with Crippen molar-refractivity contribution in [2.75, 3.05) is 26.7 Å². The average molecular weight is 443 g/mol. The van der Waals surface area contributed by atoms with Gasteiger partial charge < -0.3 is 9.72 Å². The molecule has 4 rings (SSSR count). The molecule has 0 saturated heterocycles. The van der Waals surface area contributed by atoms with Crippen molar-refractivity contribution in [3.8, 4) is 5.75 Å². The number of methoxy groups -OCH3 is 1. The summed E-state index contributed by atoms with van der Waals surface area (Å²) in [7, 11) is 1.56. The van der Waals surface area contributed by atoms with Crippen molar-refractivity contribution in [3.05, 3.63) is 75.8 Å². The van der Waals surface area contributed by atoms with E-state index in [1.54, 1.807) is 37.4 Å². The van der Waals surface area contributed by atoms with Crippen LogP contribution in [0.4, 0.5) is 13.2 Å². The van der Waals surface area contributed by atoms with E-state index in [0.29, 0.717) is 28.9 Å². The molecule has 1 aromatic heterocycles. The predicted molar refractivity (Wildman–Crippen MR) is 118 cm³/mol. The van der Waals surface area contributed by atoms with Crippen LogP contribution in [-0.2, 0) is 12.6 Å². The molecule has 5 nitrogen and oxygen atoms in total. The van der Waals surface area contributed by atoms with E-state index in [4.69, 9.17) is 4.74 Å². The zero-order valence-electron chi connectivity index (χ0n) is 17.7. The largest absolute Gasteiger partial charge is 0.494 e. The Kier molecular flexibility index (Phi) is 6.32. The number of H-pyrrole nitrogens is 1. The minimum atomic E-state index is -4.31. The lowest BCUT2D eigenvalue weighted by molar-refractivity contribution is -0.137. The van der Waals surface area contributed by atoms with Gasteiger partial charge in [-0.25, -0.2) is 4.98 Å². The molecule has 0 fully saturated rings. The third-order valence-electron chi connectivity index (χ3n) is 5.73. The maximum absolute atomic E-state index is 12.7. The molecular weight excluding hydrogens is 419 g/mol. The molecule has 2 aromatic carbocycles. The topological polar surface area (TPSA) is 58.2 Å². The molecule has 0 aliphatic carbocycles. The van der Waals surface area contributed by atoms with Crippen LogP contribution in [0.5, 0.6) is 5.75 Å². The molecule has 0 unspecified atom stereocenters. The second-order valence-corrected chi connectivity index (χ2v) is 7.83. The quantitative estimate of drug-likeness (QED) is 0.602. The summed E-state index contributed by atoms with van der Waals surface area (Å²) in [5, 5.41) is 0.505. The monoisotopic (exact) mass is 443 g/mol. The highest BCUT2D eigenvalue weighted by Crippen LogP contribution is 2.31. The molecule has 168 valence electrons. The van der Waals surface area contributed by atoms with Crippen LogP contribution in [0.15, 0.2) is 53.3 Å². The van der Waals surface area contributed by atoms with E-state index in [0.717, 1.165) is 55.7 Å². The summed E-state index contributed by atoms with van der Waals surface area (Å²) in [6, 6.07) is 10.6. The average Bonchev–Trinajstić information content (AvgIpc) is 2.79. The summed E-state index contributed by atoms with van der Waals surface area (Å²) in [5.74, 6) is 1.21. The number of nitrogens with one attached hydrogen (secondary N) is 1. The minimum Gasteiger partial charge on any atom is -0.494 e. The van der Waals surface area contributed by atoms with Crippen molar-refractivity contribution in [2.24, 2.45) is 0 Å². The van der Waals surface area contributed by atoms with Gasteiger partial charge in [0, 0.05) is 19.5 Å². The highest BCUT2D eigenvalue weighted by atomic mass is 19.4. The molecule has 32 heavy (non-hydrogen) atoms. The molecule has 1 N–H and O–H groups in total. The number of ether oxygens (including phenoxy) is 1. The van der Waals surface area contributed by atoms with Gasteiger partial charge in [0.15, 0.2) is 0 Å². The number of fused-ring (bicyclic) bond motifs is 1. The lowest BCUT2D eigenvalue weighted by Gasteiger charge is -2.26. The first-order valence-corrected chi connectivity index (χ1v) is 10.5. The number of halogens is 3. The van der Waals surface area contributed by atoms with Crippen LogP contribution in [0.1, 0.15) is 29.8 Å². The van der Waals surface area contributed by atoms with Crippen LogP contribution in [0.3, 0.4) is 0 Å². The molecule has 0 bridgehead atoms. The van der Waals surface area contributed by atoms with Crippen LogP contribution in [0, 0.1) is 0 Å². The van der Waals surface area contributed by atoms with E-state index in [9.17, 15) is 18.0 Å². The van der Waals surface area contributed by atoms with Crippen molar-refractivity contribution in [3.63, 3.8) is 0 Å². The van der Waals surface area contributed by atoms with Gasteiger partial charge in [-0.2, -0.15) is 13.2 Å². The lowest BCUT2D eigenvalue weighted by atomic mass is 9.98. The van der Waals surface area contributed by atoms with Crippen molar-refractivity contribution in [1.82, 2.24) is 14.9 Å². The first kappa shape index (κ1) is 22.1. The highest BCUT2D eigenvalue weighted by Gasteiger charge is 2.30. The molecule has 1 aliphatic heterocycles. The number of para-hydroxylation sites is 1. The molecule has 3 aromatic rings. The lowest BCUT2D eigenvalue weighted by Crippen LogP contribution is -2.30. The van der Waals surface area contributed by atoms with Crippen LogP contribution in [-0.4, -0.2) is 41.6 Å². The fourth-order valence-corrected chi connectivity index (χ4v) is 3.99. The SMILES string of the molecule is COc1cccc2c(=O)[nH]c(CCCN3CC=C(c4ccc(C(F)(F)F)cc4)CC3)nc12. The van der Waals surface area contributed by atoms with E-state index >= 15 is 0 Å². The highest BCUT2D eigenvalue weighted by molar-refractivity contribution is 5.83. The third kappa shape index (κ3) is 4.85. The molecule has 0 saturated carbocycles. The maximum Gasteiger partial charge on any atom is 0.416 e. The zero-order chi connectivity index (χ0) is 22.7. The van der Waals surface area contributed by atoms with E-state index < -0.39 is 11.7 Å². The number of aromatic amines is 1. The summed E-state index contributed by atoms with van der Waals surface area (Å²) in [6.45, 7) is 2.42. The molecule has 0 spiro atoms. The molecule has 8 heteroatoms. The van der Waals surface area contributed by atoms with Crippen LogP contribution < -0.4 is 10.3 Å². The summed E-state index contributed by atoms with van der Waals surface area (Å²) >= 11 is 0. The van der Waals surface area contributed by atoms with E-state index in [1.807, 2.05) is 0 Å². The maximum atomic E-state index is 12.7. The summed E-state index contributed by atoms with van der Waals surface area (Å²) < 4.78 is 43.5. The van der Waals surface area contributed by atoms with Gasteiger partial charge in [0.2, 0.25) is 0 Å². The van der Waals surface area contributed by atoms with Crippen LogP contribution >= 0.6 is 0 Å². The van der Waals surface area contributed by atoms with Crippen molar-refractivity contribution >= 4 is 16.5 Å². The van der Waals surface area contributed by atoms with Gasteiger partial charge in [-0.05, 0) is 54.8 Å². The van der Waals surface area contributed by atoms with Crippen molar-refractivity contribution in [2.45, 2.75) is 25.4 Å². The molecule has 1 aliphatic rings. The molecule has 2 heterocycles. The number of benzene rings is 2. The Labute approximate surface area is 183 Å². The van der Waals surface area contributed by atoms with Gasteiger partial charge in [-0.15, -0.1) is 0 Å². The minimum absolute atomic E-state index is 0.175. The van der Waals surface area contributed by atoms with Crippen molar-refractivity contribution < 1.29 is 17.9 Å². The fraction of sp³-hybridized carbons (Fsp3) is 0.333. The first-order valence-electron chi connectivity index (χ1n) is 10.5. The number of aromatic nitrogens is 2. The van der Waals surface area contributed by atoms with E-state index in [1.165, 1.54) is 0 Å². The Balaban J connectivity index is 1.34. The number of hydrogen-bond donors (Lipinski definition) is 1. The molecular formula is C24H24F3N3O2. The molecule has 0 radical (unpaired) electrons. The van der Waals surface area contributed by atoms with Gasteiger partial charge in [0.1, 0.15) is 17.1 Å². The number of alkyl halides is 3. The van der Waals surface area contributed by atoms with Crippen LogP contribution in [0.2, 0.25) is 0 Å². The molecule has 0 amide bonds. The number of rotatable bonds is 6. The molecule has 0 atom stereocenters. The zero-order valence-corrected chi connectivity index (χ0v) is 17.7. The Morgan fingerprint density at radius 2 is 1.94 bits per heavy atom. The van der Waals surface area contributed by atoms with Crippen LogP contribution in [0.25, 0.3) is 16.5 Å². The third-order valence-corrected chi connectivity index (χ3v) is 5.73. The predicted octanol–water partition coefficient (Wildman–Crippen LogP) is 4.67. The van der Waals surface area contributed by atoms with Gasteiger partial charge in [-0.1, -0.05) is 24.3 Å². The van der Waals surface area contributed by atoms with E-state index in [2.05, 4.69) is 20.9 Å². The Bertz CT molecular complexity index is 1180.